The van der Waals surface area contributed by atoms with Crippen molar-refractivity contribution < 1.29 is 4.79 Å². The van der Waals surface area contributed by atoms with E-state index < -0.39 is 0 Å². The SMILES string of the molecule is Bc1ccc(C(C)=O)cc1. The Balaban J connectivity index is 3.00. The summed E-state index contributed by atoms with van der Waals surface area (Å²) in [5.41, 5.74) is 1.97. The van der Waals surface area contributed by atoms with Crippen LogP contribution in [0.3, 0.4) is 0 Å². The third kappa shape index (κ3) is 1.47. The lowest BCUT2D eigenvalue weighted by Gasteiger charge is -1.94. The van der Waals surface area contributed by atoms with E-state index in [1.165, 1.54) is 5.46 Å². The number of hydrogen-bond donors (Lipinski definition) is 0. The van der Waals surface area contributed by atoms with Gasteiger partial charge >= 0.3 is 0 Å². The van der Waals surface area contributed by atoms with Crippen LogP contribution in [0.1, 0.15) is 17.3 Å². The lowest BCUT2D eigenvalue weighted by atomic mass is 9.95. The summed E-state index contributed by atoms with van der Waals surface area (Å²) in [6.45, 7) is 1.57. The number of carbonyl (C=O) groups excluding carboxylic acids is 1. The van der Waals surface area contributed by atoms with Crippen LogP contribution >= 0.6 is 0 Å². The maximum absolute atomic E-state index is 10.8. The first-order valence-electron chi connectivity index (χ1n) is 3.28. The van der Waals surface area contributed by atoms with Crippen LogP contribution in [-0.2, 0) is 0 Å². The van der Waals surface area contributed by atoms with Crippen LogP contribution in [0.25, 0.3) is 0 Å². The summed E-state index contributed by atoms with van der Waals surface area (Å²) in [5.74, 6) is 0.125. The molecule has 0 spiro atoms. The number of ketones is 1. The number of Topliss-reactive ketones (excluding diaryl/α,β-unsaturated/α-hetero) is 1. The van der Waals surface area contributed by atoms with E-state index in [1.54, 1.807) is 6.92 Å². The molecule has 0 heterocycles. The molecule has 2 heteroatoms. The van der Waals surface area contributed by atoms with E-state index in [9.17, 15) is 4.79 Å². The molecular weight excluding hydrogens is 123 g/mol. The van der Waals surface area contributed by atoms with Gasteiger partial charge in [-0.15, -0.1) is 0 Å². The molecule has 0 fully saturated rings. The van der Waals surface area contributed by atoms with Crippen LogP contribution in [0.4, 0.5) is 0 Å². The summed E-state index contributed by atoms with van der Waals surface area (Å²) in [6, 6.07) is 7.57. The van der Waals surface area contributed by atoms with Crippen molar-refractivity contribution in [3.63, 3.8) is 0 Å². The molecule has 0 radical (unpaired) electrons. The van der Waals surface area contributed by atoms with E-state index >= 15 is 0 Å². The Labute approximate surface area is 61.5 Å². The van der Waals surface area contributed by atoms with Gasteiger partial charge in [0.25, 0.3) is 0 Å². The predicted octanol–water partition coefficient (Wildman–Crippen LogP) is 0.148. The maximum atomic E-state index is 10.8. The molecule has 1 nitrogen and oxygen atoms in total. The van der Waals surface area contributed by atoms with Crippen LogP contribution in [0.15, 0.2) is 24.3 Å². The van der Waals surface area contributed by atoms with Gasteiger partial charge in [-0.2, -0.15) is 0 Å². The highest BCUT2D eigenvalue weighted by molar-refractivity contribution is 6.32. The van der Waals surface area contributed by atoms with Crippen molar-refractivity contribution in [2.45, 2.75) is 6.92 Å². The quantitative estimate of drug-likeness (QED) is 0.392. The van der Waals surface area contributed by atoms with Crippen molar-refractivity contribution in [3.05, 3.63) is 29.8 Å². The second kappa shape index (κ2) is 2.69. The Morgan fingerprint density at radius 3 is 2.20 bits per heavy atom. The van der Waals surface area contributed by atoms with E-state index in [1.807, 2.05) is 32.1 Å². The molecule has 1 rings (SSSR count). The molecular formula is C8H9BO. The number of benzene rings is 1. The van der Waals surface area contributed by atoms with Gasteiger partial charge in [0, 0.05) is 5.56 Å². The Kier molecular flexibility index (Phi) is 1.90. The molecule has 0 aliphatic heterocycles. The number of carbonyl (C=O) groups is 1. The van der Waals surface area contributed by atoms with Gasteiger partial charge in [-0.1, -0.05) is 29.7 Å². The zero-order chi connectivity index (χ0) is 7.56. The van der Waals surface area contributed by atoms with Crippen LogP contribution in [0.2, 0.25) is 0 Å². The van der Waals surface area contributed by atoms with Gasteiger partial charge in [0.15, 0.2) is 5.78 Å². The molecule has 0 saturated heterocycles. The first-order chi connectivity index (χ1) is 4.70. The largest absolute Gasteiger partial charge is 0.295 e. The van der Waals surface area contributed by atoms with Gasteiger partial charge in [0.05, 0.1) is 0 Å². The summed E-state index contributed by atoms with van der Waals surface area (Å²) < 4.78 is 0. The molecule has 1 aromatic rings. The molecule has 0 aliphatic carbocycles. The molecule has 1 aromatic carbocycles. The molecule has 0 aliphatic rings. The third-order valence-corrected chi connectivity index (χ3v) is 1.46. The van der Waals surface area contributed by atoms with Crippen molar-refractivity contribution in [2.24, 2.45) is 0 Å². The standard InChI is InChI=1S/C8H9BO/c1-6(10)7-2-4-8(9)5-3-7/h2-5H,9H2,1H3. The summed E-state index contributed by atoms with van der Waals surface area (Å²) >= 11 is 0. The minimum atomic E-state index is 0.125. The fourth-order valence-electron chi connectivity index (χ4n) is 0.788. The van der Waals surface area contributed by atoms with Crippen molar-refractivity contribution >= 4 is 19.1 Å². The Hall–Kier alpha value is -1.05. The van der Waals surface area contributed by atoms with Gasteiger partial charge < -0.3 is 0 Å². The third-order valence-electron chi connectivity index (χ3n) is 1.46. The second-order valence-electron chi connectivity index (χ2n) is 2.42. The average Bonchev–Trinajstić information content (AvgIpc) is 1.88. The lowest BCUT2D eigenvalue weighted by molar-refractivity contribution is 0.101. The van der Waals surface area contributed by atoms with E-state index in [0.717, 1.165) is 5.56 Å². The van der Waals surface area contributed by atoms with E-state index in [4.69, 9.17) is 0 Å². The van der Waals surface area contributed by atoms with Gasteiger partial charge in [-0.05, 0) is 6.92 Å². The smallest absolute Gasteiger partial charge is 0.159 e. The summed E-state index contributed by atoms with van der Waals surface area (Å²) in [4.78, 5) is 10.8. The molecule has 0 aromatic heterocycles. The Bertz CT molecular complexity index is 238. The molecule has 0 amide bonds. The predicted molar refractivity (Wildman–Crippen MR) is 44.6 cm³/mol. The van der Waals surface area contributed by atoms with Crippen LogP contribution in [0, 0.1) is 0 Å². The summed E-state index contributed by atoms with van der Waals surface area (Å²) in [5, 5.41) is 0. The van der Waals surface area contributed by atoms with E-state index in [0.29, 0.717) is 0 Å². The van der Waals surface area contributed by atoms with Gasteiger partial charge in [-0.25, -0.2) is 0 Å². The van der Waals surface area contributed by atoms with Crippen LogP contribution in [-0.4, -0.2) is 13.6 Å². The summed E-state index contributed by atoms with van der Waals surface area (Å²) in [7, 11) is 2.00. The van der Waals surface area contributed by atoms with Crippen LogP contribution < -0.4 is 5.46 Å². The highest BCUT2D eigenvalue weighted by atomic mass is 16.1. The number of rotatable bonds is 1. The lowest BCUT2D eigenvalue weighted by Crippen LogP contribution is -2.02. The molecule has 0 atom stereocenters. The van der Waals surface area contributed by atoms with Crippen LogP contribution in [0.5, 0.6) is 0 Å². The van der Waals surface area contributed by atoms with Gasteiger partial charge in [0.1, 0.15) is 7.85 Å². The molecule has 0 saturated carbocycles. The summed E-state index contributed by atoms with van der Waals surface area (Å²) in [6.07, 6.45) is 0. The topological polar surface area (TPSA) is 17.1 Å². The average molecular weight is 132 g/mol. The zero-order valence-electron chi connectivity index (χ0n) is 6.22. The van der Waals surface area contributed by atoms with Crippen molar-refractivity contribution in [2.75, 3.05) is 0 Å². The molecule has 10 heavy (non-hydrogen) atoms. The monoisotopic (exact) mass is 132 g/mol. The fraction of sp³-hybridized carbons (Fsp3) is 0.125. The molecule has 50 valence electrons. The minimum absolute atomic E-state index is 0.125. The minimum Gasteiger partial charge on any atom is -0.295 e. The Morgan fingerprint density at radius 2 is 1.80 bits per heavy atom. The number of hydrogen-bond acceptors (Lipinski definition) is 1. The maximum Gasteiger partial charge on any atom is 0.159 e. The van der Waals surface area contributed by atoms with Crippen molar-refractivity contribution in [1.29, 1.82) is 0 Å². The highest BCUT2D eigenvalue weighted by Crippen LogP contribution is 1.96. The Morgan fingerprint density at radius 1 is 1.30 bits per heavy atom. The fourth-order valence-corrected chi connectivity index (χ4v) is 0.788. The van der Waals surface area contributed by atoms with Gasteiger partial charge in [-0.3, -0.25) is 4.79 Å². The highest BCUT2D eigenvalue weighted by Gasteiger charge is 1.94. The van der Waals surface area contributed by atoms with Crippen molar-refractivity contribution in [3.8, 4) is 0 Å². The molecule has 0 N–H and O–H groups in total. The van der Waals surface area contributed by atoms with E-state index in [2.05, 4.69) is 0 Å². The van der Waals surface area contributed by atoms with Crippen molar-refractivity contribution in [1.82, 2.24) is 0 Å². The molecule has 0 unspecified atom stereocenters. The first kappa shape index (κ1) is 7.07. The second-order valence-corrected chi connectivity index (χ2v) is 2.42. The first-order valence-corrected chi connectivity index (χ1v) is 3.28. The van der Waals surface area contributed by atoms with Gasteiger partial charge in [0.2, 0.25) is 0 Å². The normalized spacial score (nSPS) is 9.30. The van der Waals surface area contributed by atoms with E-state index in [-0.39, 0.29) is 5.78 Å². The molecule has 0 bridgehead atoms. The zero-order valence-corrected chi connectivity index (χ0v) is 6.22.